The van der Waals surface area contributed by atoms with E-state index in [0.717, 1.165) is 12.8 Å². The van der Waals surface area contributed by atoms with E-state index in [0.29, 0.717) is 19.0 Å². The van der Waals surface area contributed by atoms with Crippen molar-refractivity contribution in [3.05, 3.63) is 42.2 Å². The smallest absolute Gasteiger partial charge is 0.441 e. The van der Waals surface area contributed by atoms with Crippen molar-refractivity contribution in [2.75, 3.05) is 13.2 Å². The van der Waals surface area contributed by atoms with Gasteiger partial charge in [-0.2, -0.15) is 4.99 Å². The van der Waals surface area contributed by atoms with Gasteiger partial charge in [0.2, 0.25) is 0 Å². The lowest BCUT2D eigenvalue weighted by Gasteiger charge is -2.21. The second-order valence-electron chi connectivity index (χ2n) is 4.67. The Balaban J connectivity index is 0.00000242. The molecule has 0 atom stereocenters. The van der Waals surface area contributed by atoms with Crippen LogP contribution >= 0.6 is 0 Å². The van der Waals surface area contributed by atoms with Crippen molar-refractivity contribution in [1.29, 1.82) is 0 Å². The summed E-state index contributed by atoms with van der Waals surface area (Å²) in [6.07, 6.45) is 1.92. The topological polar surface area (TPSA) is 94.1 Å². The standard InChI is InChI=1S/C15H18N2O4.H2/c16-14(10-13(18)11-6-8-20-9-7-11)17-15(19)21-12-4-2-1-3-5-12;/h1-5,10-11,18H,6-9H2,(H2,16,17,19);1H/b13-10-;. The molecule has 6 nitrogen and oxygen atoms in total. The minimum absolute atomic E-state index is 0. The number of aliphatic imine (C=N–C) groups is 1. The third-order valence-corrected chi connectivity index (χ3v) is 3.10. The Morgan fingerprint density at radius 2 is 2.05 bits per heavy atom. The molecule has 21 heavy (non-hydrogen) atoms. The van der Waals surface area contributed by atoms with Gasteiger partial charge < -0.3 is 20.3 Å². The number of ether oxygens (including phenoxy) is 2. The van der Waals surface area contributed by atoms with E-state index in [1.54, 1.807) is 24.3 Å². The number of hydrogen-bond acceptors (Lipinski definition) is 4. The molecule has 0 radical (unpaired) electrons. The number of nitrogens with two attached hydrogens (primary N) is 1. The monoisotopic (exact) mass is 292 g/mol. The van der Waals surface area contributed by atoms with Crippen LogP contribution in [0.5, 0.6) is 5.75 Å². The molecule has 0 bridgehead atoms. The van der Waals surface area contributed by atoms with E-state index in [2.05, 4.69) is 4.99 Å². The Morgan fingerprint density at radius 1 is 1.38 bits per heavy atom. The highest BCUT2D eigenvalue weighted by Gasteiger charge is 2.18. The van der Waals surface area contributed by atoms with Crippen molar-refractivity contribution in [3.63, 3.8) is 0 Å². The van der Waals surface area contributed by atoms with E-state index in [1.807, 2.05) is 6.07 Å². The van der Waals surface area contributed by atoms with Gasteiger partial charge in [-0.25, -0.2) is 4.79 Å². The summed E-state index contributed by atoms with van der Waals surface area (Å²) in [5.41, 5.74) is 5.62. The fourth-order valence-corrected chi connectivity index (χ4v) is 2.01. The first kappa shape index (κ1) is 15.1. The predicted molar refractivity (Wildman–Crippen MR) is 80.5 cm³/mol. The molecule has 1 aliphatic heterocycles. The van der Waals surface area contributed by atoms with Crippen LogP contribution in [0.25, 0.3) is 0 Å². The van der Waals surface area contributed by atoms with E-state index >= 15 is 0 Å². The van der Waals surface area contributed by atoms with E-state index in [1.165, 1.54) is 6.08 Å². The van der Waals surface area contributed by atoms with Gasteiger partial charge in [0.25, 0.3) is 0 Å². The van der Waals surface area contributed by atoms with Crippen molar-refractivity contribution in [3.8, 4) is 5.75 Å². The number of aliphatic hydroxyl groups is 1. The summed E-state index contributed by atoms with van der Waals surface area (Å²) in [5.74, 6) is 0.418. The molecule has 2 rings (SSSR count). The highest BCUT2D eigenvalue weighted by Crippen LogP contribution is 2.21. The second kappa shape index (κ2) is 7.44. The predicted octanol–water partition coefficient (Wildman–Crippen LogP) is 2.66. The fraction of sp³-hybridized carbons (Fsp3) is 0.333. The summed E-state index contributed by atoms with van der Waals surface area (Å²) in [5, 5.41) is 9.94. The second-order valence-corrected chi connectivity index (χ2v) is 4.67. The zero-order chi connectivity index (χ0) is 15.1. The summed E-state index contributed by atoms with van der Waals surface area (Å²) in [6, 6.07) is 8.57. The molecule has 0 spiro atoms. The number of para-hydroxylation sites is 1. The Morgan fingerprint density at radius 3 is 2.71 bits per heavy atom. The maximum absolute atomic E-state index is 11.6. The van der Waals surface area contributed by atoms with Crippen LogP contribution < -0.4 is 10.5 Å². The fourth-order valence-electron chi connectivity index (χ4n) is 2.01. The van der Waals surface area contributed by atoms with Crippen LogP contribution in [-0.2, 0) is 4.74 Å². The van der Waals surface area contributed by atoms with Crippen LogP contribution in [-0.4, -0.2) is 30.2 Å². The van der Waals surface area contributed by atoms with Gasteiger partial charge in [-0.05, 0) is 25.0 Å². The average molecular weight is 292 g/mol. The molecule has 0 aliphatic carbocycles. The SMILES string of the molecule is NC(/C=C(\O)C1CCOCC1)=N/C(=O)Oc1ccccc1.[HH]. The molecule has 0 aromatic heterocycles. The zero-order valence-corrected chi connectivity index (χ0v) is 11.6. The number of amidine groups is 1. The molecule has 1 aliphatic rings. The maximum Gasteiger partial charge on any atom is 0.441 e. The molecule has 0 unspecified atom stereocenters. The normalized spacial score (nSPS) is 17.5. The van der Waals surface area contributed by atoms with Crippen molar-refractivity contribution < 1.29 is 20.8 Å². The minimum atomic E-state index is -0.824. The molecule has 1 heterocycles. The summed E-state index contributed by atoms with van der Waals surface area (Å²) >= 11 is 0. The summed E-state index contributed by atoms with van der Waals surface area (Å²) in [4.78, 5) is 15.1. The first-order valence-corrected chi connectivity index (χ1v) is 6.74. The van der Waals surface area contributed by atoms with Crippen molar-refractivity contribution in [1.82, 2.24) is 0 Å². The summed E-state index contributed by atoms with van der Waals surface area (Å²) in [7, 11) is 0. The lowest BCUT2D eigenvalue weighted by atomic mass is 9.98. The molecule has 1 aromatic rings. The van der Waals surface area contributed by atoms with E-state index in [4.69, 9.17) is 15.2 Å². The summed E-state index contributed by atoms with van der Waals surface area (Å²) in [6.45, 7) is 1.21. The number of hydrogen-bond donors (Lipinski definition) is 2. The van der Waals surface area contributed by atoms with Crippen molar-refractivity contribution in [2.45, 2.75) is 12.8 Å². The number of benzene rings is 1. The van der Waals surface area contributed by atoms with Gasteiger partial charge in [0.1, 0.15) is 11.6 Å². The molecular formula is C15H20N2O4. The molecule has 0 saturated carbocycles. The van der Waals surface area contributed by atoms with Crippen LogP contribution in [0.2, 0.25) is 0 Å². The molecule has 114 valence electrons. The van der Waals surface area contributed by atoms with Crippen LogP contribution in [0, 0.1) is 5.92 Å². The molecule has 1 amide bonds. The molecular weight excluding hydrogens is 272 g/mol. The van der Waals surface area contributed by atoms with Gasteiger partial charge in [-0.15, -0.1) is 0 Å². The first-order chi connectivity index (χ1) is 10.1. The lowest BCUT2D eigenvalue weighted by Crippen LogP contribution is -2.20. The summed E-state index contributed by atoms with van der Waals surface area (Å²) < 4.78 is 10.2. The Bertz CT molecular complexity index is 540. The highest BCUT2D eigenvalue weighted by atomic mass is 16.5. The third kappa shape index (κ3) is 4.92. The average Bonchev–Trinajstić information content (AvgIpc) is 2.48. The zero-order valence-electron chi connectivity index (χ0n) is 11.6. The minimum Gasteiger partial charge on any atom is -0.512 e. The Kier molecular flexibility index (Phi) is 5.34. The van der Waals surface area contributed by atoms with Crippen LogP contribution in [0.15, 0.2) is 47.2 Å². The highest BCUT2D eigenvalue weighted by molar-refractivity contribution is 5.98. The van der Waals surface area contributed by atoms with E-state index in [-0.39, 0.29) is 18.9 Å². The quantitative estimate of drug-likeness (QED) is 0.507. The molecule has 1 saturated heterocycles. The number of nitrogens with zero attached hydrogens (tertiary/aromatic N) is 1. The number of aliphatic hydroxyl groups excluding tert-OH is 1. The van der Waals surface area contributed by atoms with Crippen LogP contribution in [0.3, 0.4) is 0 Å². The molecule has 1 fully saturated rings. The number of carbonyl (C=O) groups excluding carboxylic acids is 1. The molecule has 6 heteroatoms. The van der Waals surface area contributed by atoms with Gasteiger partial charge >= 0.3 is 6.09 Å². The van der Waals surface area contributed by atoms with E-state index in [9.17, 15) is 9.90 Å². The number of carbonyl (C=O) groups is 1. The number of amides is 1. The third-order valence-electron chi connectivity index (χ3n) is 3.10. The molecule has 3 N–H and O–H groups in total. The van der Waals surface area contributed by atoms with Crippen molar-refractivity contribution >= 4 is 11.9 Å². The largest absolute Gasteiger partial charge is 0.512 e. The number of allylic oxidation sites excluding steroid dienone is 1. The number of rotatable bonds is 3. The van der Waals surface area contributed by atoms with Crippen LogP contribution in [0.4, 0.5) is 4.79 Å². The van der Waals surface area contributed by atoms with Gasteiger partial charge in [0.15, 0.2) is 0 Å². The Hall–Kier alpha value is -2.34. The first-order valence-electron chi connectivity index (χ1n) is 6.74. The van der Waals surface area contributed by atoms with E-state index < -0.39 is 6.09 Å². The van der Waals surface area contributed by atoms with Gasteiger partial charge in [0, 0.05) is 26.6 Å². The van der Waals surface area contributed by atoms with Crippen molar-refractivity contribution in [2.24, 2.45) is 16.6 Å². The van der Waals surface area contributed by atoms with Gasteiger partial charge in [-0.1, -0.05) is 18.2 Å². The Labute approximate surface area is 124 Å². The van der Waals surface area contributed by atoms with Crippen LogP contribution in [0.1, 0.15) is 14.3 Å². The van der Waals surface area contributed by atoms with Gasteiger partial charge in [0.05, 0.1) is 5.76 Å². The molecule has 1 aromatic carbocycles. The van der Waals surface area contributed by atoms with Gasteiger partial charge in [-0.3, -0.25) is 0 Å². The lowest BCUT2D eigenvalue weighted by molar-refractivity contribution is 0.0643. The maximum atomic E-state index is 11.6.